The van der Waals surface area contributed by atoms with Crippen molar-refractivity contribution in [1.29, 1.82) is 0 Å². The largest absolute Gasteiger partial charge is 0.334 e. The summed E-state index contributed by atoms with van der Waals surface area (Å²) in [5.41, 5.74) is 2.57. The van der Waals surface area contributed by atoms with Gasteiger partial charge in [-0.15, -0.1) is 0 Å². The molecule has 0 heterocycles. The van der Waals surface area contributed by atoms with Crippen molar-refractivity contribution >= 4 is 7.60 Å². The zero-order chi connectivity index (χ0) is 13.2. The summed E-state index contributed by atoms with van der Waals surface area (Å²) in [5.74, 6) is 0.329. The van der Waals surface area contributed by atoms with Gasteiger partial charge in [-0.25, -0.2) is 0 Å². The molecule has 4 heteroatoms. The van der Waals surface area contributed by atoms with Crippen LogP contribution in [0, 0.1) is 6.92 Å². The molecule has 1 aromatic carbocycles. The smallest absolute Gasteiger partial charge is 0.309 e. The van der Waals surface area contributed by atoms with Crippen molar-refractivity contribution in [2.24, 2.45) is 0 Å². The second-order valence-corrected chi connectivity index (χ2v) is 6.90. The molecule has 1 aliphatic rings. The summed E-state index contributed by atoms with van der Waals surface area (Å²) in [7, 11) is -2.92. The highest BCUT2D eigenvalue weighted by molar-refractivity contribution is 7.55. The van der Waals surface area contributed by atoms with Crippen molar-refractivity contribution in [2.75, 3.05) is 13.2 Å². The van der Waals surface area contributed by atoms with E-state index in [1.54, 1.807) is 0 Å². The molecule has 1 saturated carbocycles. The number of hydrogen-bond donors (Lipinski definition) is 0. The van der Waals surface area contributed by atoms with Gasteiger partial charge in [0.2, 0.25) is 0 Å². The van der Waals surface area contributed by atoms with Crippen molar-refractivity contribution in [3.63, 3.8) is 0 Å². The lowest BCUT2D eigenvalue weighted by molar-refractivity contribution is 0.218. The molecular formula is C14H21O3P. The van der Waals surface area contributed by atoms with Crippen LogP contribution in [0.4, 0.5) is 0 Å². The molecule has 0 saturated heterocycles. The molecule has 0 spiro atoms. The maximum Gasteiger partial charge on any atom is 0.334 e. The van der Waals surface area contributed by atoms with Crippen LogP contribution in [0.15, 0.2) is 24.3 Å². The van der Waals surface area contributed by atoms with Crippen LogP contribution < -0.4 is 0 Å². The van der Waals surface area contributed by atoms with E-state index < -0.39 is 7.60 Å². The third-order valence-corrected chi connectivity index (χ3v) is 5.99. The van der Waals surface area contributed by atoms with Crippen LogP contribution in [0.3, 0.4) is 0 Å². The zero-order valence-electron chi connectivity index (χ0n) is 11.3. The molecule has 0 bridgehead atoms. The normalized spacial score (nSPS) is 23.1. The Kier molecular flexibility index (Phi) is 4.26. The van der Waals surface area contributed by atoms with Gasteiger partial charge in [0.15, 0.2) is 0 Å². The minimum atomic E-state index is -2.92. The van der Waals surface area contributed by atoms with Crippen molar-refractivity contribution < 1.29 is 13.6 Å². The van der Waals surface area contributed by atoms with E-state index in [0.717, 1.165) is 6.42 Å². The van der Waals surface area contributed by atoms with Gasteiger partial charge in [0.25, 0.3) is 0 Å². The fourth-order valence-electron chi connectivity index (χ4n) is 2.46. The van der Waals surface area contributed by atoms with Gasteiger partial charge in [0, 0.05) is 0 Å². The summed E-state index contributed by atoms with van der Waals surface area (Å²) in [4.78, 5) is 0. The third kappa shape index (κ3) is 2.69. The fourth-order valence-corrected chi connectivity index (χ4v) is 4.72. The second-order valence-electron chi connectivity index (χ2n) is 4.64. The van der Waals surface area contributed by atoms with Gasteiger partial charge in [-0.3, -0.25) is 4.57 Å². The number of hydrogen-bond acceptors (Lipinski definition) is 3. The van der Waals surface area contributed by atoms with Gasteiger partial charge in [-0.05, 0) is 44.2 Å². The first-order chi connectivity index (χ1) is 8.62. The van der Waals surface area contributed by atoms with Crippen LogP contribution >= 0.6 is 7.60 Å². The summed E-state index contributed by atoms with van der Waals surface area (Å²) in [5, 5.41) is 0. The third-order valence-electron chi connectivity index (χ3n) is 3.37. The molecule has 0 N–H and O–H groups in total. The van der Waals surface area contributed by atoms with Crippen LogP contribution in [-0.2, 0) is 13.6 Å². The fraction of sp³-hybridized carbons (Fsp3) is 0.571. The van der Waals surface area contributed by atoms with Crippen LogP contribution in [0.1, 0.15) is 37.3 Å². The van der Waals surface area contributed by atoms with E-state index in [0.29, 0.717) is 19.1 Å². The molecular weight excluding hydrogens is 247 g/mol. The summed E-state index contributed by atoms with van der Waals surface area (Å²) in [6, 6.07) is 8.27. The first-order valence-corrected chi connectivity index (χ1v) is 8.18. The molecule has 18 heavy (non-hydrogen) atoms. The Morgan fingerprint density at radius 1 is 1.22 bits per heavy atom. The average molecular weight is 268 g/mol. The number of rotatable bonds is 6. The Balaban J connectivity index is 2.14. The predicted molar refractivity (Wildman–Crippen MR) is 73.2 cm³/mol. The number of benzene rings is 1. The highest BCUT2D eigenvalue weighted by atomic mass is 31.2. The molecule has 2 rings (SSSR count). The molecule has 100 valence electrons. The van der Waals surface area contributed by atoms with Crippen LogP contribution in [-0.4, -0.2) is 18.9 Å². The summed E-state index contributed by atoms with van der Waals surface area (Å²) >= 11 is 0. The van der Waals surface area contributed by atoms with E-state index in [1.807, 2.05) is 26.0 Å². The molecule has 1 fully saturated rings. The highest BCUT2D eigenvalue weighted by Crippen LogP contribution is 2.68. The standard InChI is InChI=1S/C14H21O3P/c1-4-16-18(15,17-5-2)14-10-13(14)12-9-7-6-8-11(12)3/h6-9,13-14H,4-5,10H2,1-3H3. The van der Waals surface area contributed by atoms with Crippen molar-refractivity contribution in [1.82, 2.24) is 0 Å². The average Bonchev–Trinajstić information content (AvgIpc) is 3.11. The lowest BCUT2D eigenvalue weighted by Gasteiger charge is -2.17. The zero-order valence-corrected chi connectivity index (χ0v) is 12.2. The minimum absolute atomic E-state index is 0.0403. The Morgan fingerprint density at radius 2 is 1.83 bits per heavy atom. The molecule has 3 nitrogen and oxygen atoms in total. The first kappa shape index (κ1) is 13.8. The van der Waals surface area contributed by atoms with Crippen molar-refractivity contribution in [2.45, 2.75) is 38.8 Å². The van der Waals surface area contributed by atoms with Crippen molar-refractivity contribution in [3.05, 3.63) is 35.4 Å². The topological polar surface area (TPSA) is 35.5 Å². The van der Waals surface area contributed by atoms with Gasteiger partial charge in [0.05, 0.1) is 18.9 Å². The Morgan fingerprint density at radius 3 is 2.39 bits per heavy atom. The van der Waals surface area contributed by atoms with Crippen LogP contribution in [0.25, 0.3) is 0 Å². The highest BCUT2D eigenvalue weighted by Gasteiger charge is 2.53. The number of aryl methyl sites for hydroxylation is 1. The van der Waals surface area contributed by atoms with Crippen LogP contribution in [0.5, 0.6) is 0 Å². The molecule has 0 aliphatic heterocycles. The van der Waals surface area contributed by atoms with E-state index in [2.05, 4.69) is 19.1 Å². The van der Waals surface area contributed by atoms with E-state index in [-0.39, 0.29) is 5.66 Å². The Labute approximate surface area is 109 Å². The van der Waals surface area contributed by atoms with E-state index in [1.165, 1.54) is 11.1 Å². The predicted octanol–water partition coefficient (Wildman–Crippen LogP) is 4.12. The van der Waals surface area contributed by atoms with Gasteiger partial charge in [0.1, 0.15) is 0 Å². The van der Waals surface area contributed by atoms with Crippen molar-refractivity contribution in [3.8, 4) is 0 Å². The van der Waals surface area contributed by atoms with Gasteiger partial charge in [-0.2, -0.15) is 0 Å². The molecule has 1 aliphatic carbocycles. The molecule has 2 unspecified atom stereocenters. The van der Waals surface area contributed by atoms with Gasteiger partial charge < -0.3 is 9.05 Å². The monoisotopic (exact) mass is 268 g/mol. The lowest BCUT2D eigenvalue weighted by atomic mass is 10.1. The second kappa shape index (κ2) is 5.56. The van der Waals surface area contributed by atoms with E-state index in [4.69, 9.17) is 9.05 Å². The van der Waals surface area contributed by atoms with Gasteiger partial charge in [-0.1, -0.05) is 24.3 Å². The van der Waals surface area contributed by atoms with Gasteiger partial charge >= 0.3 is 7.60 Å². The molecule has 0 radical (unpaired) electrons. The molecule has 0 amide bonds. The van der Waals surface area contributed by atoms with Crippen LogP contribution in [0.2, 0.25) is 0 Å². The SMILES string of the molecule is CCOP(=O)(OCC)C1CC1c1ccccc1C. The molecule has 0 aromatic heterocycles. The Hall–Kier alpha value is -0.630. The first-order valence-electron chi connectivity index (χ1n) is 6.56. The molecule has 2 atom stereocenters. The minimum Gasteiger partial charge on any atom is -0.309 e. The Bertz CT molecular complexity index is 448. The summed E-state index contributed by atoms with van der Waals surface area (Å²) in [6.07, 6.45) is 0.905. The van der Waals surface area contributed by atoms with E-state index >= 15 is 0 Å². The lowest BCUT2D eigenvalue weighted by Crippen LogP contribution is -2.02. The molecule has 1 aromatic rings. The van der Waals surface area contributed by atoms with E-state index in [9.17, 15) is 4.57 Å². The summed E-state index contributed by atoms with van der Waals surface area (Å²) in [6.45, 7) is 6.69. The quantitative estimate of drug-likeness (QED) is 0.728. The maximum absolute atomic E-state index is 12.6. The summed E-state index contributed by atoms with van der Waals surface area (Å²) < 4.78 is 23.5. The maximum atomic E-state index is 12.6.